The average molecular weight is 344 g/mol. The predicted octanol–water partition coefficient (Wildman–Crippen LogP) is 3.25. The lowest BCUT2D eigenvalue weighted by molar-refractivity contribution is -0.134. The number of hydrogen-bond donors (Lipinski definition) is 2. The maximum atomic E-state index is 12.4. The Kier molecular flexibility index (Phi) is 5.42. The summed E-state index contributed by atoms with van der Waals surface area (Å²) in [6, 6.07) is 7.71. The molecule has 2 N–H and O–H groups in total. The van der Waals surface area contributed by atoms with E-state index in [1.807, 2.05) is 24.3 Å². The molecule has 0 bridgehead atoms. The Labute approximate surface area is 149 Å². The Hall–Kier alpha value is -1.88. The second-order valence-electron chi connectivity index (χ2n) is 7.52. The Morgan fingerprint density at radius 3 is 2.72 bits per heavy atom. The van der Waals surface area contributed by atoms with Crippen molar-refractivity contribution in [1.82, 2.24) is 5.32 Å². The first-order valence-electron chi connectivity index (χ1n) is 9.27. The van der Waals surface area contributed by atoms with E-state index < -0.39 is 5.41 Å². The van der Waals surface area contributed by atoms with Gasteiger partial charge < -0.3 is 15.4 Å². The van der Waals surface area contributed by atoms with Crippen LogP contribution in [0.25, 0.3) is 0 Å². The van der Waals surface area contributed by atoms with Gasteiger partial charge in [-0.25, -0.2) is 0 Å². The topological polar surface area (TPSA) is 67.4 Å². The zero-order valence-electron chi connectivity index (χ0n) is 15.1. The molecule has 5 heteroatoms. The van der Waals surface area contributed by atoms with Crippen LogP contribution in [-0.2, 0) is 20.9 Å². The largest absolute Gasteiger partial charge is 0.374 e. The second-order valence-corrected chi connectivity index (χ2v) is 7.52. The molecule has 2 saturated carbocycles. The van der Waals surface area contributed by atoms with E-state index >= 15 is 0 Å². The lowest BCUT2D eigenvalue weighted by Gasteiger charge is -2.26. The van der Waals surface area contributed by atoms with Crippen LogP contribution in [0.4, 0.5) is 5.69 Å². The molecular weight excluding hydrogens is 316 g/mol. The van der Waals surface area contributed by atoms with Gasteiger partial charge in [0.1, 0.15) is 5.41 Å². The van der Waals surface area contributed by atoms with Crippen LogP contribution in [0.3, 0.4) is 0 Å². The summed E-state index contributed by atoms with van der Waals surface area (Å²) in [6.45, 7) is 2.84. The number of amides is 2. The third kappa shape index (κ3) is 4.21. The summed E-state index contributed by atoms with van der Waals surface area (Å²) in [6.07, 6.45) is 6.37. The molecule has 2 amide bonds. The highest BCUT2D eigenvalue weighted by Crippen LogP contribution is 2.46. The highest BCUT2D eigenvalue weighted by atomic mass is 16.5. The number of ether oxygens (including phenoxy) is 1. The summed E-state index contributed by atoms with van der Waals surface area (Å²) >= 11 is 0. The highest BCUT2D eigenvalue weighted by molar-refractivity contribution is 6.12. The molecule has 0 aromatic heterocycles. The van der Waals surface area contributed by atoms with Crippen molar-refractivity contribution in [3.8, 4) is 0 Å². The summed E-state index contributed by atoms with van der Waals surface area (Å²) < 4.78 is 6.06. The minimum Gasteiger partial charge on any atom is -0.374 e. The van der Waals surface area contributed by atoms with Crippen molar-refractivity contribution in [2.45, 2.75) is 58.2 Å². The van der Waals surface area contributed by atoms with Crippen molar-refractivity contribution in [1.29, 1.82) is 0 Å². The lowest BCUT2D eigenvalue weighted by atomic mass is 9.89. The van der Waals surface area contributed by atoms with Gasteiger partial charge in [0.2, 0.25) is 11.8 Å². The van der Waals surface area contributed by atoms with Crippen LogP contribution >= 0.6 is 0 Å². The number of carbonyl (C=O) groups excluding carboxylic acids is 2. The Balaban J connectivity index is 1.56. The third-order valence-corrected chi connectivity index (χ3v) is 5.41. The van der Waals surface area contributed by atoms with Crippen LogP contribution in [-0.4, -0.2) is 25.0 Å². The maximum absolute atomic E-state index is 12.4. The molecule has 2 aliphatic rings. The van der Waals surface area contributed by atoms with Crippen molar-refractivity contribution in [2.24, 2.45) is 11.3 Å². The number of carbonyl (C=O) groups is 2. The standard InChI is InChI=1S/C20H28N2O3/c1-14-5-3-8-17(11-14)25-13-15-6-4-7-16(12-15)22-19(24)20(9-10-20)18(23)21-2/h4,6-7,12,14,17H,3,5,8-11,13H2,1-2H3,(H,21,23)(H,22,24)/t14-,17+/m1/s1. The molecule has 0 spiro atoms. The summed E-state index contributed by atoms with van der Waals surface area (Å²) in [4.78, 5) is 24.4. The number of nitrogens with one attached hydrogen (secondary N) is 2. The summed E-state index contributed by atoms with van der Waals surface area (Å²) in [5.41, 5.74) is 0.888. The highest BCUT2D eigenvalue weighted by Gasteiger charge is 2.56. The van der Waals surface area contributed by atoms with E-state index in [-0.39, 0.29) is 11.8 Å². The maximum Gasteiger partial charge on any atom is 0.240 e. The quantitative estimate of drug-likeness (QED) is 0.779. The number of rotatable bonds is 6. The van der Waals surface area contributed by atoms with Crippen LogP contribution in [0.2, 0.25) is 0 Å². The second kappa shape index (κ2) is 7.56. The average Bonchev–Trinajstić information content (AvgIpc) is 3.42. The molecule has 25 heavy (non-hydrogen) atoms. The Morgan fingerprint density at radius 2 is 2.04 bits per heavy atom. The van der Waals surface area contributed by atoms with E-state index in [1.54, 1.807) is 7.05 Å². The molecule has 2 fully saturated rings. The molecule has 2 aliphatic carbocycles. The van der Waals surface area contributed by atoms with Gasteiger partial charge in [-0.1, -0.05) is 31.9 Å². The van der Waals surface area contributed by atoms with Crippen molar-refractivity contribution < 1.29 is 14.3 Å². The first-order valence-corrected chi connectivity index (χ1v) is 9.27. The molecule has 136 valence electrons. The van der Waals surface area contributed by atoms with E-state index in [2.05, 4.69) is 17.6 Å². The number of anilines is 1. The van der Waals surface area contributed by atoms with Gasteiger partial charge in [0, 0.05) is 12.7 Å². The van der Waals surface area contributed by atoms with Crippen molar-refractivity contribution in [3.63, 3.8) is 0 Å². The van der Waals surface area contributed by atoms with Gasteiger partial charge >= 0.3 is 0 Å². The number of hydrogen-bond acceptors (Lipinski definition) is 3. The van der Waals surface area contributed by atoms with Gasteiger partial charge in [0.15, 0.2) is 0 Å². The first-order chi connectivity index (χ1) is 12.0. The molecule has 0 aliphatic heterocycles. The van der Waals surface area contributed by atoms with Gasteiger partial charge in [-0.15, -0.1) is 0 Å². The molecular formula is C20H28N2O3. The van der Waals surface area contributed by atoms with Crippen LogP contribution in [0, 0.1) is 11.3 Å². The normalized spacial score (nSPS) is 24.4. The molecule has 3 rings (SSSR count). The van der Waals surface area contributed by atoms with Gasteiger partial charge in [0.25, 0.3) is 0 Å². The zero-order chi connectivity index (χ0) is 17.9. The molecule has 1 aromatic carbocycles. The monoisotopic (exact) mass is 344 g/mol. The third-order valence-electron chi connectivity index (χ3n) is 5.41. The SMILES string of the molecule is CNC(=O)C1(C(=O)Nc2cccc(CO[C@H]3CCC[C@@H](C)C3)c2)CC1. The summed E-state index contributed by atoms with van der Waals surface area (Å²) in [5, 5.41) is 5.48. The van der Waals surface area contributed by atoms with Gasteiger partial charge in [-0.2, -0.15) is 0 Å². The summed E-state index contributed by atoms with van der Waals surface area (Å²) in [5.74, 6) is 0.325. The molecule has 5 nitrogen and oxygen atoms in total. The van der Waals surface area contributed by atoms with Crippen molar-refractivity contribution >= 4 is 17.5 Å². The van der Waals surface area contributed by atoms with Crippen molar-refractivity contribution in [3.05, 3.63) is 29.8 Å². The molecule has 0 radical (unpaired) electrons. The van der Waals surface area contributed by atoms with Crippen molar-refractivity contribution in [2.75, 3.05) is 12.4 Å². The van der Waals surface area contributed by atoms with E-state index in [1.165, 1.54) is 12.8 Å². The molecule has 0 saturated heterocycles. The van der Waals surface area contributed by atoms with E-state index in [4.69, 9.17) is 4.74 Å². The number of benzene rings is 1. The fourth-order valence-corrected chi connectivity index (χ4v) is 3.66. The van der Waals surface area contributed by atoms with Crippen LogP contribution < -0.4 is 10.6 Å². The van der Waals surface area contributed by atoms with Gasteiger partial charge in [0.05, 0.1) is 12.7 Å². The summed E-state index contributed by atoms with van der Waals surface area (Å²) in [7, 11) is 1.57. The van der Waals surface area contributed by atoms with E-state index in [0.29, 0.717) is 25.6 Å². The van der Waals surface area contributed by atoms with E-state index in [0.717, 1.165) is 30.0 Å². The smallest absolute Gasteiger partial charge is 0.240 e. The van der Waals surface area contributed by atoms with Gasteiger partial charge in [-0.05, 0) is 49.3 Å². The van der Waals surface area contributed by atoms with Crippen LogP contribution in [0.1, 0.15) is 51.0 Å². The minimum atomic E-state index is -0.876. The predicted molar refractivity (Wildman–Crippen MR) is 97.0 cm³/mol. The van der Waals surface area contributed by atoms with E-state index in [9.17, 15) is 9.59 Å². The van der Waals surface area contributed by atoms with Crippen LogP contribution in [0.15, 0.2) is 24.3 Å². The zero-order valence-corrected chi connectivity index (χ0v) is 15.1. The lowest BCUT2D eigenvalue weighted by Crippen LogP contribution is -2.38. The molecule has 2 atom stereocenters. The fraction of sp³-hybridized carbons (Fsp3) is 0.600. The fourth-order valence-electron chi connectivity index (χ4n) is 3.66. The van der Waals surface area contributed by atoms with Crippen LogP contribution in [0.5, 0.6) is 0 Å². The van der Waals surface area contributed by atoms with Gasteiger partial charge in [-0.3, -0.25) is 9.59 Å². The Morgan fingerprint density at radius 1 is 1.24 bits per heavy atom. The molecule has 0 unspecified atom stereocenters. The first kappa shape index (κ1) is 17.9. The molecule has 0 heterocycles. The molecule has 1 aromatic rings. The minimum absolute atomic E-state index is 0.198. The Bertz CT molecular complexity index is 640.